The van der Waals surface area contributed by atoms with E-state index in [1.165, 1.54) is 35.6 Å². The third kappa shape index (κ3) is 4.79. The van der Waals surface area contributed by atoms with Crippen molar-refractivity contribution < 1.29 is 26.4 Å². The van der Waals surface area contributed by atoms with Gasteiger partial charge in [-0.2, -0.15) is 17.5 Å². The molecule has 1 aliphatic carbocycles. The second-order valence-electron chi connectivity index (χ2n) is 6.95. The van der Waals surface area contributed by atoms with Crippen LogP contribution in [0.2, 0.25) is 0 Å². The Balaban J connectivity index is 1.79. The summed E-state index contributed by atoms with van der Waals surface area (Å²) in [5.41, 5.74) is 2.06. The van der Waals surface area contributed by atoms with Crippen molar-refractivity contribution in [2.45, 2.75) is 36.4 Å². The number of hydrogen-bond acceptors (Lipinski definition) is 3. The van der Waals surface area contributed by atoms with Crippen LogP contribution >= 0.6 is 0 Å². The van der Waals surface area contributed by atoms with Crippen LogP contribution in [0.5, 0.6) is 0 Å². The molecule has 1 unspecified atom stereocenters. The van der Waals surface area contributed by atoms with Crippen molar-refractivity contribution in [3.05, 3.63) is 65.2 Å². The average Bonchev–Trinajstić information content (AvgIpc) is 2.70. The Bertz CT molecular complexity index is 989. The normalized spacial score (nSPS) is 17.1. The lowest BCUT2D eigenvalue weighted by atomic mass is 9.88. The van der Waals surface area contributed by atoms with Gasteiger partial charge in [0.15, 0.2) is 0 Å². The lowest BCUT2D eigenvalue weighted by Crippen LogP contribution is -2.34. The van der Waals surface area contributed by atoms with Gasteiger partial charge in [-0.1, -0.05) is 24.3 Å². The van der Waals surface area contributed by atoms with E-state index < -0.39 is 28.7 Å². The SMILES string of the molecule is CN(C1CCCc2ccccc21)S(=O)(=O)c1ccc(C(=O)NCC(F)(F)F)cc1. The molecule has 1 amide bonds. The van der Waals surface area contributed by atoms with E-state index in [0.29, 0.717) is 6.42 Å². The second-order valence-corrected chi connectivity index (χ2v) is 8.95. The first-order valence-corrected chi connectivity index (χ1v) is 10.5. The Kier molecular flexibility index (Phi) is 6.00. The monoisotopic (exact) mass is 426 g/mol. The van der Waals surface area contributed by atoms with Crippen LogP contribution in [0.15, 0.2) is 53.4 Å². The molecule has 29 heavy (non-hydrogen) atoms. The van der Waals surface area contributed by atoms with Crippen LogP contribution < -0.4 is 5.32 Å². The summed E-state index contributed by atoms with van der Waals surface area (Å²) in [5, 5.41) is 1.76. The molecule has 0 spiro atoms. The van der Waals surface area contributed by atoms with E-state index in [2.05, 4.69) is 0 Å². The minimum Gasteiger partial charge on any atom is -0.343 e. The lowest BCUT2D eigenvalue weighted by molar-refractivity contribution is -0.123. The molecule has 1 N–H and O–H groups in total. The van der Waals surface area contributed by atoms with E-state index >= 15 is 0 Å². The van der Waals surface area contributed by atoms with Gasteiger partial charge in [-0.05, 0) is 54.7 Å². The summed E-state index contributed by atoms with van der Waals surface area (Å²) < 4.78 is 64.1. The van der Waals surface area contributed by atoms with Gasteiger partial charge in [0.1, 0.15) is 6.54 Å². The fourth-order valence-electron chi connectivity index (χ4n) is 3.50. The summed E-state index contributed by atoms with van der Waals surface area (Å²) in [5.74, 6) is -0.916. The molecule has 5 nitrogen and oxygen atoms in total. The largest absolute Gasteiger partial charge is 0.405 e. The lowest BCUT2D eigenvalue weighted by Gasteiger charge is -2.32. The number of aryl methyl sites for hydroxylation is 1. The third-order valence-corrected chi connectivity index (χ3v) is 6.90. The number of nitrogens with zero attached hydrogens (tertiary/aromatic N) is 1. The Hall–Kier alpha value is -2.39. The van der Waals surface area contributed by atoms with Crippen molar-refractivity contribution >= 4 is 15.9 Å². The molecule has 2 aromatic rings. The molecular weight excluding hydrogens is 405 g/mol. The molecule has 0 saturated heterocycles. The fraction of sp³-hybridized carbons (Fsp3) is 0.350. The smallest absolute Gasteiger partial charge is 0.343 e. The summed E-state index contributed by atoms with van der Waals surface area (Å²) in [6.45, 7) is -1.45. The number of carbonyl (C=O) groups is 1. The molecule has 9 heteroatoms. The Morgan fingerprint density at radius 2 is 1.79 bits per heavy atom. The van der Waals surface area contributed by atoms with E-state index in [9.17, 15) is 26.4 Å². The standard InChI is InChI=1S/C20H21F3N2O3S/c1-25(18-8-4-6-14-5-2-3-7-17(14)18)29(27,28)16-11-9-15(10-12-16)19(26)24-13-20(21,22)23/h2-3,5,7,9-12,18H,4,6,8,13H2,1H3,(H,24,26). The molecule has 156 valence electrons. The molecule has 0 aromatic heterocycles. The van der Waals surface area contributed by atoms with Crippen molar-refractivity contribution in [3.8, 4) is 0 Å². The van der Waals surface area contributed by atoms with Gasteiger partial charge in [0.2, 0.25) is 10.0 Å². The highest BCUT2D eigenvalue weighted by molar-refractivity contribution is 7.89. The highest BCUT2D eigenvalue weighted by Gasteiger charge is 2.32. The molecule has 0 aliphatic heterocycles. The number of nitrogens with one attached hydrogen (secondary N) is 1. The van der Waals surface area contributed by atoms with Crippen LogP contribution in [-0.4, -0.2) is 38.4 Å². The summed E-state index contributed by atoms with van der Waals surface area (Å²) in [4.78, 5) is 11.8. The molecular formula is C20H21F3N2O3S. The number of amides is 1. The molecule has 0 fully saturated rings. The third-order valence-electron chi connectivity index (χ3n) is 5.02. The predicted molar refractivity (Wildman–Crippen MR) is 102 cm³/mol. The average molecular weight is 426 g/mol. The van der Waals surface area contributed by atoms with Gasteiger partial charge in [-0.3, -0.25) is 4.79 Å². The summed E-state index contributed by atoms with van der Waals surface area (Å²) >= 11 is 0. The van der Waals surface area contributed by atoms with E-state index in [4.69, 9.17) is 0 Å². The zero-order chi connectivity index (χ0) is 21.2. The number of benzene rings is 2. The number of halogens is 3. The van der Waals surface area contributed by atoms with Crippen molar-refractivity contribution in [2.24, 2.45) is 0 Å². The molecule has 2 aromatic carbocycles. The van der Waals surface area contributed by atoms with Crippen LogP contribution in [0.25, 0.3) is 0 Å². The molecule has 0 heterocycles. The number of alkyl halides is 3. The minimum absolute atomic E-state index is 0.0181. The maximum Gasteiger partial charge on any atom is 0.405 e. The molecule has 3 rings (SSSR count). The number of carbonyl (C=O) groups excluding carboxylic acids is 1. The predicted octanol–water partition coefficient (Wildman–Crippen LogP) is 3.68. The summed E-state index contributed by atoms with van der Waals surface area (Å²) in [6.07, 6.45) is -2.04. The van der Waals surface area contributed by atoms with Gasteiger partial charge in [-0.15, -0.1) is 0 Å². The Morgan fingerprint density at radius 3 is 2.45 bits per heavy atom. The molecule has 0 bridgehead atoms. The summed E-state index contributed by atoms with van der Waals surface area (Å²) in [6, 6.07) is 12.3. The molecule has 1 atom stereocenters. The maximum absolute atomic E-state index is 13.1. The Morgan fingerprint density at radius 1 is 1.14 bits per heavy atom. The van der Waals surface area contributed by atoms with Gasteiger partial charge in [-0.25, -0.2) is 8.42 Å². The van der Waals surface area contributed by atoms with Crippen LogP contribution in [0.1, 0.15) is 40.4 Å². The first-order chi connectivity index (χ1) is 13.6. The first-order valence-electron chi connectivity index (χ1n) is 9.10. The molecule has 0 saturated carbocycles. The highest BCUT2D eigenvalue weighted by atomic mass is 32.2. The van der Waals surface area contributed by atoms with Crippen molar-refractivity contribution in [1.82, 2.24) is 9.62 Å². The number of sulfonamides is 1. The number of hydrogen-bond donors (Lipinski definition) is 1. The summed E-state index contributed by atoms with van der Waals surface area (Å²) in [7, 11) is -2.32. The minimum atomic E-state index is -4.52. The van der Waals surface area contributed by atoms with Gasteiger partial charge in [0.25, 0.3) is 5.91 Å². The quantitative estimate of drug-likeness (QED) is 0.793. The van der Waals surface area contributed by atoms with Gasteiger partial charge < -0.3 is 5.32 Å². The number of rotatable bonds is 5. The van der Waals surface area contributed by atoms with Crippen LogP contribution in [0.4, 0.5) is 13.2 Å². The van der Waals surface area contributed by atoms with E-state index in [-0.39, 0.29) is 16.5 Å². The van der Waals surface area contributed by atoms with Crippen molar-refractivity contribution in [1.29, 1.82) is 0 Å². The van der Waals surface area contributed by atoms with Gasteiger partial charge >= 0.3 is 6.18 Å². The zero-order valence-electron chi connectivity index (χ0n) is 15.7. The number of fused-ring (bicyclic) bond motifs is 1. The first kappa shape index (κ1) is 21.3. The van der Waals surface area contributed by atoms with Crippen molar-refractivity contribution in [2.75, 3.05) is 13.6 Å². The highest BCUT2D eigenvalue weighted by Crippen LogP contribution is 2.36. The Labute approximate surface area is 167 Å². The van der Waals surface area contributed by atoms with Crippen molar-refractivity contribution in [3.63, 3.8) is 0 Å². The van der Waals surface area contributed by atoms with Crippen LogP contribution in [-0.2, 0) is 16.4 Å². The maximum atomic E-state index is 13.1. The van der Waals surface area contributed by atoms with Gasteiger partial charge in [0.05, 0.1) is 4.90 Å². The topological polar surface area (TPSA) is 66.5 Å². The van der Waals surface area contributed by atoms with E-state index in [1.807, 2.05) is 24.3 Å². The molecule has 0 radical (unpaired) electrons. The zero-order valence-corrected chi connectivity index (χ0v) is 16.6. The molecule has 1 aliphatic rings. The van der Waals surface area contributed by atoms with Crippen LogP contribution in [0.3, 0.4) is 0 Å². The van der Waals surface area contributed by atoms with Crippen LogP contribution in [0, 0.1) is 0 Å². The van der Waals surface area contributed by atoms with E-state index in [1.54, 1.807) is 5.32 Å². The van der Waals surface area contributed by atoms with Gasteiger partial charge in [0, 0.05) is 18.7 Å². The van der Waals surface area contributed by atoms with E-state index in [0.717, 1.165) is 24.0 Å². The fourth-order valence-corrected chi connectivity index (χ4v) is 4.87. The second kappa shape index (κ2) is 8.16.